The average Bonchev–Trinajstić information content (AvgIpc) is 3.13. The van der Waals surface area contributed by atoms with Gasteiger partial charge in [-0.1, -0.05) is 16.8 Å². The first-order chi connectivity index (χ1) is 13.5. The van der Waals surface area contributed by atoms with Crippen LogP contribution in [0.5, 0.6) is 11.5 Å². The Balaban J connectivity index is 1.54. The molecule has 28 heavy (non-hydrogen) atoms. The molecule has 0 aliphatic carbocycles. The topological polar surface area (TPSA) is 77.7 Å². The van der Waals surface area contributed by atoms with Gasteiger partial charge in [-0.05, 0) is 56.3 Å². The summed E-state index contributed by atoms with van der Waals surface area (Å²) in [6.07, 6.45) is 0.102. The van der Waals surface area contributed by atoms with Crippen molar-refractivity contribution in [1.82, 2.24) is 10.1 Å². The fourth-order valence-corrected chi connectivity index (χ4v) is 3.04. The van der Waals surface area contributed by atoms with Gasteiger partial charge in [0.1, 0.15) is 18.0 Å². The van der Waals surface area contributed by atoms with Crippen LogP contribution < -0.4 is 14.4 Å². The van der Waals surface area contributed by atoms with E-state index < -0.39 is 0 Å². The van der Waals surface area contributed by atoms with E-state index in [0.717, 1.165) is 11.3 Å². The fourth-order valence-electron chi connectivity index (χ4n) is 2.87. The Morgan fingerprint density at radius 3 is 2.75 bits per heavy atom. The molecule has 3 aromatic rings. The van der Waals surface area contributed by atoms with Crippen molar-refractivity contribution in [3.05, 3.63) is 53.4 Å². The predicted octanol–water partition coefficient (Wildman–Crippen LogP) is 4.10. The molecule has 7 nitrogen and oxygen atoms in total. The number of hydrogen-bond acceptors (Lipinski definition) is 6. The predicted molar refractivity (Wildman–Crippen MR) is 104 cm³/mol. The number of anilines is 1. The van der Waals surface area contributed by atoms with Gasteiger partial charge in [0, 0.05) is 10.6 Å². The van der Waals surface area contributed by atoms with E-state index in [1.165, 1.54) is 4.90 Å². The van der Waals surface area contributed by atoms with Gasteiger partial charge in [-0.2, -0.15) is 4.98 Å². The second-order valence-electron chi connectivity index (χ2n) is 6.58. The maximum Gasteiger partial charge on any atom is 0.265 e. The highest BCUT2D eigenvalue weighted by molar-refractivity contribution is 6.31. The number of halogens is 1. The molecule has 4 rings (SSSR count). The van der Waals surface area contributed by atoms with Gasteiger partial charge in [0.2, 0.25) is 11.7 Å². The molecule has 0 saturated heterocycles. The molecule has 0 bridgehead atoms. The van der Waals surface area contributed by atoms with E-state index in [9.17, 15) is 4.79 Å². The summed E-state index contributed by atoms with van der Waals surface area (Å²) in [7, 11) is 0. The van der Waals surface area contributed by atoms with Crippen LogP contribution in [0.2, 0.25) is 5.02 Å². The normalized spacial score (nSPS) is 13.4. The molecule has 0 spiro atoms. The molecule has 0 fully saturated rings. The summed E-state index contributed by atoms with van der Waals surface area (Å²) in [6, 6.07) is 12.6. The quantitative estimate of drug-likeness (QED) is 0.642. The lowest BCUT2D eigenvalue weighted by Gasteiger charge is -2.28. The summed E-state index contributed by atoms with van der Waals surface area (Å²) in [5.74, 6) is 1.92. The summed E-state index contributed by atoms with van der Waals surface area (Å²) in [5.41, 5.74) is 1.38. The van der Waals surface area contributed by atoms with Gasteiger partial charge in [0.15, 0.2) is 6.61 Å². The SMILES string of the molecule is CC(C)Oc1ccc(-c2noc(CN3C(=O)COc4ccc(Cl)cc43)n2)cc1. The lowest BCUT2D eigenvalue weighted by atomic mass is 10.2. The molecule has 0 N–H and O–H groups in total. The number of rotatable bonds is 5. The molecule has 2 aromatic carbocycles. The van der Waals surface area contributed by atoms with Crippen molar-refractivity contribution in [1.29, 1.82) is 0 Å². The van der Waals surface area contributed by atoms with Gasteiger partial charge in [-0.25, -0.2) is 0 Å². The van der Waals surface area contributed by atoms with Crippen molar-refractivity contribution in [2.45, 2.75) is 26.5 Å². The third kappa shape index (κ3) is 3.80. The number of fused-ring (bicyclic) bond motifs is 1. The second kappa shape index (κ2) is 7.52. The standard InChI is InChI=1S/C20H18ClN3O4/c1-12(2)27-15-6-3-13(4-7-15)20-22-18(28-23-20)10-24-16-9-14(21)5-8-17(16)26-11-19(24)25/h3-9,12H,10-11H2,1-2H3. The van der Waals surface area contributed by atoms with Gasteiger partial charge in [0.05, 0.1) is 11.8 Å². The molecule has 1 amide bonds. The number of hydrogen-bond donors (Lipinski definition) is 0. The highest BCUT2D eigenvalue weighted by atomic mass is 35.5. The minimum absolute atomic E-state index is 0.0487. The number of nitrogens with zero attached hydrogens (tertiary/aromatic N) is 3. The summed E-state index contributed by atoms with van der Waals surface area (Å²) < 4.78 is 16.4. The van der Waals surface area contributed by atoms with Crippen LogP contribution in [0.1, 0.15) is 19.7 Å². The largest absolute Gasteiger partial charge is 0.491 e. The Kier molecular flexibility index (Phi) is 4.92. The zero-order valence-corrected chi connectivity index (χ0v) is 16.1. The van der Waals surface area contributed by atoms with E-state index in [4.69, 9.17) is 25.6 Å². The molecule has 2 heterocycles. The number of carbonyl (C=O) groups is 1. The molecule has 144 valence electrons. The molecule has 0 unspecified atom stereocenters. The molecule has 0 radical (unpaired) electrons. The zero-order chi connectivity index (χ0) is 19.7. The first-order valence-corrected chi connectivity index (χ1v) is 9.20. The summed E-state index contributed by atoms with van der Waals surface area (Å²) >= 11 is 6.07. The smallest absolute Gasteiger partial charge is 0.265 e. The van der Waals surface area contributed by atoms with Crippen molar-refractivity contribution < 1.29 is 18.8 Å². The summed E-state index contributed by atoms with van der Waals surface area (Å²) in [5, 5.41) is 4.53. The van der Waals surface area contributed by atoms with Crippen LogP contribution in [0.25, 0.3) is 11.4 Å². The molecular weight excluding hydrogens is 382 g/mol. The van der Waals surface area contributed by atoms with E-state index in [-0.39, 0.29) is 25.2 Å². The number of benzene rings is 2. The van der Waals surface area contributed by atoms with Crippen molar-refractivity contribution in [2.24, 2.45) is 0 Å². The Labute approximate surface area is 166 Å². The van der Waals surface area contributed by atoms with Crippen molar-refractivity contribution in [3.63, 3.8) is 0 Å². The van der Waals surface area contributed by atoms with Gasteiger partial charge >= 0.3 is 0 Å². The summed E-state index contributed by atoms with van der Waals surface area (Å²) in [4.78, 5) is 18.3. The Morgan fingerprint density at radius 1 is 1.21 bits per heavy atom. The minimum atomic E-state index is -0.204. The van der Waals surface area contributed by atoms with Gasteiger partial charge in [-0.3, -0.25) is 9.69 Å². The number of amides is 1. The molecular formula is C20H18ClN3O4. The van der Waals surface area contributed by atoms with Crippen LogP contribution in [0.3, 0.4) is 0 Å². The zero-order valence-electron chi connectivity index (χ0n) is 15.4. The number of ether oxygens (including phenoxy) is 2. The molecule has 1 aromatic heterocycles. The molecule has 0 saturated carbocycles. The van der Waals surface area contributed by atoms with Crippen LogP contribution >= 0.6 is 11.6 Å². The van der Waals surface area contributed by atoms with Gasteiger partial charge in [0.25, 0.3) is 5.91 Å². The lowest BCUT2D eigenvalue weighted by molar-refractivity contribution is -0.121. The molecule has 8 heteroatoms. The second-order valence-corrected chi connectivity index (χ2v) is 7.02. The van der Waals surface area contributed by atoms with Crippen LogP contribution in [0.15, 0.2) is 47.0 Å². The first kappa shape index (κ1) is 18.3. The third-order valence-electron chi connectivity index (χ3n) is 4.11. The van der Waals surface area contributed by atoms with Crippen LogP contribution in [-0.2, 0) is 11.3 Å². The van der Waals surface area contributed by atoms with E-state index in [1.807, 2.05) is 38.1 Å². The molecule has 1 aliphatic heterocycles. The number of aromatic nitrogens is 2. The minimum Gasteiger partial charge on any atom is -0.491 e. The highest BCUT2D eigenvalue weighted by Crippen LogP contribution is 2.35. The highest BCUT2D eigenvalue weighted by Gasteiger charge is 2.27. The van der Waals surface area contributed by atoms with Gasteiger partial charge < -0.3 is 14.0 Å². The Hall–Kier alpha value is -3.06. The van der Waals surface area contributed by atoms with E-state index in [1.54, 1.807) is 18.2 Å². The van der Waals surface area contributed by atoms with Crippen LogP contribution in [0.4, 0.5) is 5.69 Å². The van der Waals surface area contributed by atoms with Gasteiger partial charge in [-0.15, -0.1) is 0 Å². The Bertz CT molecular complexity index is 1000. The van der Waals surface area contributed by atoms with E-state index >= 15 is 0 Å². The third-order valence-corrected chi connectivity index (χ3v) is 4.34. The van der Waals surface area contributed by atoms with E-state index in [0.29, 0.717) is 28.2 Å². The average molecular weight is 400 g/mol. The lowest BCUT2D eigenvalue weighted by Crippen LogP contribution is -2.38. The maximum absolute atomic E-state index is 12.3. The molecule has 0 atom stereocenters. The first-order valence-electron chi connectivity index (χ1n) is 8.82. The van der Waals surface area contributed by atoms with Crippen molar-refractivity contribution in [2.75, 3.05) is 11.5 Å². The molecule has 1 aliphatic rings. The maximum atomic E-state index is 12.3. The van der Waals surface area contributed by atoms with E-state index in [2.05, 4.69) is 10.1 Å². The van der Waals surface area contributed by atoms with Crippen LogP contribution in [0, 0.1) is 0 Å². The summed E-state index contributed by atoms with van der Waals surface area (Å²) in [6.45, 7) is 4.03. The van der Waals surface area contributed by atoms with Crippen molar-refractivity contribution in [3.8, 4) is 22.9 Å². The van der Waals surface area contributed by atoms with Crippen LogP contribution in [-0.4, -0.2) is 28.8 Å². The monoisotopic (exact) mass is 399 g/mol. The Morgan fingerprint density at radius 2 is 2.00 bits per heavy atom. The fraction of sp³-hybridized carbons (Fsp3) is 0.250. The number of carbonyl (C=O) groups excluding carboxylic acids is 1. The van der Waals surface area contributed by atoms with Crippen molar-refractivity contribution >= 4 is 23.2 Å².